The highest BCUT2D eigenvalue weighted by Gasteiger charge is 2.52. The lowest BCUT2D eigenvalue weighted by Gasteiger charge is -2.34. The number of amides is 4. The topological polar surface area (TPSA) is 85.0 Å². The first kappa shape index (κ1) is 23.7. The van der Waals surface area contributed by atoms with E-state index in [9.17, 15) is 14.4 Å². The number of hydrogen-bond acceptors (Lipinski definition) is 5. The number of carbonyl (C=O) groups is 3. The summed E-state index contributed by atoms with van der Waals surface area (Å²) >= 11 is 0. The van der Waals surface area contributed by atoms with Crippen LogP contribution in [0.2, 0.25) is 0 Å². The van der Waals surface area contributed by atoms with Gasteiger partial charge in [-0.2, -0.15) is 0 Å². The second-order valence-electron chi connectivity index (χ2n) is 9.59. The van der Waals surface area contributed by atoms with Gasteiger partial charge in [0.25, 0.3) is 5.91 Å². The smallest absolute Gasteiger partial charge is 0.325 e. The maximum atomic E-state index is 12.6. The molecule has 1 spiro atoms. The van der Waals surface area contributed by atoms with Crippen LogP contribution >= 0.6 is 0 Å². The number of hydrogen-bond donors (Lipinski definition) is 2. The predicted molar refractivity (Wildman–Crippen MR) is 126 cm³/mol. The van der Waals surface area contributed by atoms with Gasteiger partial charge in [0.15, 0.2) is 0 Å². The number of nitrogens with zero attached hydrogens (tertiary/aromatic N) is 3. The number of carbonyl (C=O) groups excluding carboxylic acids is 3. The van der Waals surface area contributed by atoms with E-state index in [4.69, 9.17) is 0 Å². The van der Waals surface area contributed by atoms with Gasteiger partial charge in [0.1, 0.15) is 5.54 Å². The summed E-state index contributed by atoms with van der Waals surface area (Å²) in [4.78, 5) is 43.2. The number of benzene rings is 1. The summed E-state index contributed by atoms with van der Waals surface area (Å²) < 4.78 is 0. The highest BCUT2D eigenvalue weighted by molar-refractivity contribution is 6.07. The van der Waals surface area contributed by atoms with Crippen molar-refractivity contribution in [3.8, 4) is 0 Å². The van der Waals surface area contributed by atoms with Crippen LogP contribution in [0, 0.1) is 0 Å². The van der Waals surface area contributed by atoms with E-state index in [0.29, 0.717) is 25.9 Å². The minimum atomic E-state index is -0.660. The molecule has 1 aromatic carbocycles. The van der Waals surface area contributed by atoms with Crippen LogP contribution in [0.3, 0.4) is 0 Å². The van der Waals surface area contributed by atoms with Gasteiger partial charge in [-0.3, -0.25) is 19.4 Å². The van der Waals surface area contributed by atoms with Gasteiger partial charge in [-0.15, -0.1) is 0 Å². The molecule has 0 aromatic heterocycles. The van der Waals surface area contributed by atoms with Crippen LogP contribution in [-0.4, -0.2) is 83.9 Å². The van der Waals surface area contributed by atoms with Crippen LogP contribution in [0.15, 0.2) is 30.3 Å². The monoisotopic (exact) mass is 455 g/mol. The van der Waals surface area contributed by atoms with Crippen LogP contribution in [0.4, 0.5) is 4.79 Å². The molecule has 3 aliphatic rings. The molecule has 0 atom stereocenters. The molecule has 180 valence electrons. The van der Waals surface area contributed by atoms with Crippen molar-refractivity contribution in [2.24, 2.45) is 0 Å². The fraction of sp³-hybridized carbons (Fsp3) is 0.640. The summed E-state index contributed by atoms with van der Waals surface area (Å²) in [6.07, 6.45) is 5.19. The fourth-order valence-corrected chi connectivity index (χ4v) is 5.23. The molecule has 3 fully saturated rings. The fourth-order valence-electron chi connectivity index (χ4n) is 5.23. The minimum absolute atomic E-state index is 0.00897. The van der Waals surface area contributed by atoms with Crippen molar-refractivity contribution in [3.63, 3.8) is 0 Å². The maximum Gasteiger partial charge on any atom is 0.325 e. The summed E-state index contributed by atoms with van der Waals surface area (Å²) in [6.45, 7) is 7.25. The van der Waals surface area contributed by atoms with Crippen molar-refractivity contribution >= 4 is 17.8 Å². The van der Waals surface area contributed by atoms with Gasteiger partial charge in [-0.05, 0) is 37.8 Å². The molecule has 4 rings (SSSR count). The van der Waals surface area contributed by atoms with Gasteiger partial charge in [0, 0.05) is 52.2 Å². The molecule has 1 aliphatic carbocycles. The van der Waals surface area contributed by atoms with Crippen LogP contribution in [-0.2, 0) is 16.1 Å². The van der Waals surface area contributed by atoms with E-state index in [1.54, 1.807) is 0 Å². The first-order valence-electron chi connectivity index (χ1n) is 12.5. The van der Waals surface area contributed by atoms with Crippen LogP contribution in [0.25, 0.3) is 0 Å². The van der Waals surface area contributed by atoms with Crippen molar-refractivity contribution in [2.45, 2.75) is 57.0 Å². The molecule has 0 bridgehead atoms. The Balaban J connectivity index is 1.05. The van der Waals surface area contributed by atoms with Crippen LogP contribution < -0.4 is 10.6 Å². The summed E-state index contributed by atoms with van der Waals surface area (Å²) in [5.41, 5.74) is 0.702. The highest BCUT2D eigenvalue weighted by atomic mass is 16.2. The molecule has 1 saturated carbocycles. The standard InChI is InChI=1S/C25H37N5O3/c31-22(10-6-15-30-23(32)25(27-24(30)33)11-4-5-12-25)26-13-7-14-28-16-18-29(19-17-28)20-21-8-2-1-3-9-21/h1-3,8-9H,4-7,10-20H2,(H,26,31)(H,27,33). The van der Waals surface area contributed by atoms with Gasteiger partial charge < -0.3 is 15.5 Å². The van der Waals surface area contributed by atoms with Crippen molar-refractivity contribution in [1.29, 1.82) is 0 Å². The Bertz CT molecular complexity index is 817. The molecule has 8 heteroatoms. The van der Waals surface area contributed by atoms with Crippen molar-refractivity contribution in [3.05, 3.63) is 35.9 Å². The highest BCUT2D eigenvalue weighted by Crippen LogP contribution is 2.35. The molecular formula is C25H37N5O3. The number of nitrogens with one attached hydrogen (secondary N) is 2. The van der Waals surface area contributed by atoms with E-state index in [1.807, 2.05) is 0 Å². The lowest BCUT2D eigenvalue weighted by atomic mass is 9.98. The van der Waals surface area contributed by atoms with E-state index in [0.717, 1.165) is 71.4 Å². The van der Waals surface area contributed by atoms with Crippen molar-refractivity contribution in [1.82, 2.24) is 25.3 Å². The van der Waals surface area contributed by atoms with Crippen molar-refractivity contribution in [2.75, 3.05) is 45.8 Å². The first-order chi connectivity index (χ1) is 16.1. The average Bonchev–Trinajstić information content (AvgIpc) is 3.38. The van der Waals surface area contributed by atoms with Crippen LogP contribution in [0.5, 0.6) is 0 Å². The molecule has 2 heterocycles. The maximum absolute atomic E-state index is 12.6. The van der Waals surface area contributed by atoms with Gasteiger partial charge in [0.2, 0.25) is 5.91 Å². The van der Waals surface area contributed by atoms with E-state index < -0.39 is 5.54 Å². The summed E-state index contributed by atoms with van der Waals surface area (Å²) in [7, 11) is 0. The Labute approximate surface area is 196 Å². The Morgan fingerprint density at radius 1 is 0.939 bits per heavy atom. The normalized spacial score (nSPS) is 21.0. The van der Waals surface area contributed by atoms with E-state index in [1.165, 1.54) is 10.5 Å². The Kier molecular flexibility index (Phi) is 7.98. The first-order valence-corrected chi connectivity index (χ1v) is 12.5. The minimum Gasteiger partial charge on any atom is -0.356 e. The van der Waals surface area contributed by atoms with Gasteiger partial charge in [0.05, 0.1) is 0 Å². The third-order valence-corrected chi connectivity index (χ3v) is 7.18. The zero-order valence-electron chi connectivity index (χ0n) is 19.6. The number of imide groups is 1. The van der Waals surface area contributed by atoms with Gasteiger partial charge in [-0.1, -0.05) is 43.2 Å². The largest absolute Gasteiger partial charge is 0.356 e. The molecule has 2 N–H and O–H groups in total. The van der Waals surface area contributed by atoms with E-state index in [-0.39, 0.29) is 17.8 Å². The molecule has 0 radical (unpaired) electrons. The van der Waals surface area contributed by atoms with Crippen molar-refractivity contribution < 1.29 is 14.4 Å². The van der Waals surface area contributed by atoms with E-state index in [2.05, 4.69) is 50.8 Å². The molecule has 2 aliphatic heterocycles. The molecule has 4 amide bonds. The molecular weight excluding hydrogens is 418 g/mol. The van der Waals surface area contributed by atoms with Gasteiger partial charge in [-0.25, -0.2) is 4.79 Å². The van der Waals surface area contributed by atoms with E-state index >= 15 is 0 Å². The quantitative estimate of drug-likeness (QED) is 0.416. The Morgan fingerprint density at radius 3 is 2.36 bits per heavy atom. The molecule has 0 unspecified atom stereocenters. The second kappa shape index (κ2) is 11.1. The summed E-state index contributed by atoms with van der Waals surface area (Å²) in [5, 5.41) is 5.86. The lowest BCUT2D eigenvalue weighted by molar-refractivity contribution is -0.131. The number of urea groups is 1. The molecule has 33 heavy (non-hydrogen) atoms. The molecule has 8 nitrogen and oxygen atoms in total. The molecule has 1 aromatic rings. The SMILES string of the molecule is O=C(CCCN1C(=O)NC2(CCCC2)C1=O)NCCCN1CCN(Cc2ccccc2)CC1. The summed E-state index contributed by atoms with van der Waals surface area (Å²) in [5.74, 6) is -0.111. The number of piperazine rings is 1. The number of rotatable bonds is 10. The zero-order valence-corrected chi connectivity index (χ0v) is 19.6. The average molecular weight is 456 g/mol. The Hall–Kier alpha value is -2.45. The third kappa shape index (κ3) is 6.12. The third-order valence-electron chi connectivity index (χ3n) is 7.18. The molecule has 2 saturated heterocycles. The zero-order chi connectivity index (χ0) is 23.1. The second-order valence-corrected chi connectivity index (χ2v) is 9.59. The van der Waals surface area contributed by atoms with Gasteiger partial charge >= 0.3 is 6.03 Å². The summed E-state index contributed by atoms with van der Waals surface area (Å²) in [6, 6.07) is 10.3. The predicted octanol–water partition coefficient (Wildman–Crippen LogP) is 1.96. The van der Waals surface area contributed by atoms with Crippen LogP contribution in [0.1, 0.15) is 50.5 Å². The lowest BCUT2D eigenvalue weighted by Crippen LogP contribution is -2.46. The Morgan fingerprint density at radius 2 is 1.64 bits per heavy atom.